The van der Waals surface area contributed by atoms with Crippen molar-refractivity contribution in [1.82, 2.24) is 9.88 Å². The number of anilines is 1. The van der Waals surface area contributed by atoms with Gasteiger partial charge in [-0.25, -0.2) is 9.69 Å². The molecule has 0 unspecified atom stereocenters. The summed E-state index contributed by atoms with van der Waals surface area (Å²) >= 11 is 5.85. The summed E-state index contributed by atoms with van der Waals surface area (Å²) in [6.45, 7) is 3.31. The van der Waals surface area contributed by atoms with Crippen LogP contribution in [0.4, 0.5) is 23.7 Å². The number of halogens is 4. The smallest absolute Gasteiger partial charge is 0.305 e. The van der Waals surface area contributed by atoms with Crippen LogP contribution in [0.1, 0.15) is 19.4 Å². The number of hydrogen-bond acceptors (Lipinski definition) is 4. The first kappa shape index (κ1) is 20.5. The zero-order valence-corrected chi connectivity index (χ0v) is 16.4. The van der Waals surface area contributed by atoms with E-state index in [0.29, 0.717) is 10.6 Å². The van der Waals surface area contributed by atoms with Crippen molar-refractivity contribution < 1.29 is 22.8 Å². The highest BCUT2D eigenvalue weighted by molar-refractivity contribution is 8.00. The molecule has 2 aromatic rings. The number of hydrogen-bond donors (Lipinski definition) is 0. The molecule has 10 heteroatoms. The Labute approximate surface area is 168 Å². The van der Waals surface area contributed by atoms with E-state index in [-0.39, 0.29) is 28.9 Å². The normalized spacial score (nSPS) is 16.8. The predicted molar refractivity (Wildman–Crippen MR) is 100 cm³/mol. The van der Waals surface area contributed by atoms with Crippen molar-refractivity contribution in [2.75, 3.05) is 4.90 Å². The summed E-state index contributed by atoms with van der Waals surface area (Å²) in [6, 6.07) is 6.18. The van der Waals surface area contributed by atoms with Gasteiger partial charge in [0.1, 0.15) is 5.54 Å². The third-order valence-electron chi connectivity index (χ3n) is 4.34. The highest BCUT2D eigenvalue weighted by Gasteiger charge is 2.51. The van der Waals surface area contributed by atoms with Crippen molar-refractivity contribution in [2.45, 2.75) is 36.3 Å². The predicted octanol–water partition coefficient (Wildman–Crippen LogP) is 5.09. The fraction of sp³-hybridized carbons (Fsp3) is 0.278. The van der Waals surface area contributed by atoms with E-state index in [0.717, 1.165) is 4.90 Å². The zero-order chi connectivity index (χ0) is 20.7. The molecule has 1 aliphatic rings. The average molecular weight is 430 g/mol. The summed E-state index contributed by atoms with van der Waals surface area (Å²) in [4.78, 5) is 32.0. The van der Waals surface area contributed by atoms with Crippen LogP contribution in [0, 0.1) is 0 Å². The molecule has 0 atom stereocenters. The maximum atomic E-state index is 12.9. The van der Waals surface area contributed by atoms with Crippen LogP contribution in [0.5, 0.6) is 0 Å². The van der Waals surface area contributed by atoms with Gasteiger partial charge in [0.2, 0.25) is 0 Å². The number of carbonyl (C=O) groups is 2. The lowest BCUT2D eigenvalue weighted by Gasteiger charge is -2.27. The largest absolute Gasteiger partial charge is 0.446 e. The molecule has 2 heterocycles. The van der Waals surface area contributed by atoms with Crippen molar-refractivity contribution in [1.29, 1.82) is 0 Å². The number of rotatable bonds is 4. The van der Waals surface area contributed by atoms with Crippen molar-refractivity contribution in [3.63, 3.8) is 0 Å². The molecule has 1 aromatic carbocycles. The minimum atomic E-state index is -4.41. The summed E-state index contributed by atoms with van der Waals surface area (Å²) < 4.78 is 37.4. The molecule has 1 fully saturated rings. The highest BCUT2D eigenvalue weighted by Crippen LogP contribution is 2.39. The number of pyridine rings is 1. The Morgan fingerprint density at radius 1 is 1.14 bits per heavy atom. The van der Waals surface area contributed by atoms with Crippen LogP contribution in [0.3, 0.4) is 0 Å². The van der Waals surface area contributed by atoms with Gasteiger partial charge in [0, 0.05) is 17.3 Å². The van der Waals surface area contributed by atoms with Crippen LogP contribution < -0.4 is 4.90 Å². The van der Waals surface area contributed by atoms with Gasteiger partial charge in [0.15, 0.2) is 0 Å². The molecule has 1 aromatic heterocycles. The average Bonchev–Trinajstić information content (AvgIpc) is 2.76. The standard InChI is InChI=1S/C18H15ClF3N3O2S/c1-17(2)15(26)25(12-3-5-13(6-4-12)28-18(20,21)22)16(27)24(17)10-11-7-8-23-9-14(11)19/h3-9H,10H2,1-2H3. The molecule has 0 N–H and O–H groups in total. The van der Waals surface area contributed by atoms with E-state index in [1.165, 1.54) is 41.6 Å². The van der Waals surface area contributed by atoms with Gasteiger partial charge in [-0.1, -0.05) is 11.6 Å². The number of alkyl halides is 3. The number of benzene rings is 1. The van der Waals surface area contributed by atoms with Gasteiger partial charge in [0.05, 0.1) is 17.3 Å². The summed E-state index contributed by atoms with van der Waals surface area (Å²) in [7, 11) is 0. The lowest BCUT2D eigenvalue weighted by Crippen LogP contribution is -2.43. The van der Waals surface area contributed by atoms with E-state index < -0.39 is 23.0 Å². The monoisotopic (exact) mass is 429 g/mol. The van der Waals surface area contributed by atoms with Gasteiger partial charge < -0.3 is 4.90 Å². The number of nitrogens with zero attached hydrogens (tertiary/aromatic N) is 3. The minimum absolute atomic E-state index is 0.0324. The number of urea groups is 1. The molecule has 0 radical (unpaired) electrons. The molecular formula is C18H15ClF3N3O2S. The first-order chi connectivity index (χ1) is 13.0. The fourth-order valence-corrected chi connectivity index (χ4v) is 3.55. The Morgan fingerprint density at radius 2 is 1.79 bits per heavy atom. The number of amides is 3. The van der Waals surface area contributed by atoms with Crippen molar-refractivity contribution in [3.05, 3.63) is 53.3 Å². The lowest BCUT2D eigenvalue weighted by atomic mass is 10.0. The second kappa shape index (κ2) is 7.29. The molecule has 0 saturated carbocycles. The Kier molecular flexibility index (Phi) is 5.33. The quantitative estimate of drug-likeness (QED) is 0.501. The highest BCUT2D eigenvalue weighted by atomic mass is 35.5. The van der Waals surface area contributed by atoms with E-state index in [9.17, 15) is 22.8 Å². The fourth-order valence-electron chi connectivity index (χ4n) is 2.83. The maximum Gasteiger partial charge on any atom is 0.446 e. The molecule has 1 aliphatic heterocycles. The Morgan fingerprint density at radius 3 is 2.36 bits per heavy atom. The number of imide groups is 1. The second-order valence-electron chi connectivity index (χ2n) is 6.58. The summed E-state index contributed by atoms with van der Waals surface area (Å²) in [5.74, 6) is -0.473. The third kappa shape index (κ3) is 3.95. The van der Waals surface area contributed by atoms with Crippen LogP contribution in [0.25, 0.3) is 0 Å². The first-order valence-electron chi connectivity index (χ1n) is 8.11. The molecule has 3 rings (SSSR count). The lowest BCUT2D eigenvalue weighted by molar-refractivity contribution is -0.123. The van der Waals surface area contributed by atoms with Crippen LogP contribution in [-0.4, -0.2) is 32.9 Å². The van der Waals surface area contributed by atoms with Gasteiger partial charge >= 0.3 is 11.5 Å². The molecule has 148 valence electrons. The molecule has 0 spiro atoms. The van der Waals surface area contributed by atoms with Gasteiger partial charge in [0.25, 0.3) is 5.91 Å². The minimum Gasteiger partial charge on any atom is -0.305 e. The van der Waals surface area contributed by atoms with Crippen molar-refractivity contribution in [3.8, 4) is 0 Å². The number of aromatic nitrogens is 1. The van der Waals surface area contributed by atoms with Gasteiger partial charge in [-0.2, -0.15) is 13.2 Å². The van der Waals surface area contributed by atoms with Gasteiger partial charge in [-0.05, 0) is 61.5 Å². The molecule has 3 amide bonds. The zero-order valence-electron chi connectivity index (χ0n) is 14.8. The van der Waals surface area contributed by atoms with E-state index in [2.05, 4.69) is 4.98 Å². The summed E-state index contributed by atoms with van der Waals surface area (Å²) in [6.07, 6.45) is 2.98. The number of carbonyl (C=O) groups excluding carboxylic acids is 2. The third-order valence-corrected chi connectivity index (χ3v) is 5.42. The molecular weight excluding hydrogens is 415 g/mol. The number of thioether (sulfide) groups is 1. The Hall–Kier alpha value is -2.26. The van der Waals surface area contributed by atoms with Crippen LogP contribution in [0.15, 0.2) is 47.6 Å². The van der Waals surface area contributed by atoms with Crippen LogP contribution >= 0.6 is 23.4 Å². The van der Waals surface area contributed by atoms with Crippen molar-refractivity contribution >= 4 is 41.0 Å². The van der Waals surface area contributed by atoms with E-state index >= 15 is 0 Å². The molecule has 0 aliphatic carbocycles. The van der Waals surface area contributed by atoms with Crippen LogP contribution in [-0.2, 0) is 11.3 Å². The van der Waals surface area contributed by atoms with Gasteiger partial charge in [-0.15, -0.1) is 0 Å². The molecule has 0 bridgehead atoms. The first-order valence-corrected chi connectivity index (χ1v) is 9.30. The van der Waals surface area contributed by atoms with Crippen molar-refractivity contribution in [2.24, 2.45) is 0 Å². The van der Waals surface area contributed by atoms with Crippen LogP contribution in [0.2, 0.25) is 5.02 Å². The Balaban J connectivity index is 1.88. The molecule has 1 saturated heterocycles. The van der Waals surface area contributed by atoms with E-state index in [1.54, 1.807) is 19.9 Å². The Bertz CT molecular complexity index is 919. The summed E-state index contributed by atoms with van der Waals surface area (Å²) in [5, 5.41) is 0.366. The van der Waals surface area contributed by atoms with E-state index in [4.69, 9.17) is 11.6 Å². The molecule has 5 nitrogen and oxygen atoms in total. The second-order valence-corrected chi connectivity index (χ2v) is 8.12. The topological polar surface area (TPSA) is 53.5 Å². The SMILES string of the molecule is CC1(C)C(=O)N(c2ccc(SC(F)(F)F)cc2)C(=O)N1Cc1ccncc1Cl. The summed E-state index contributed by atoms with van der Waals surface area (Å²) in [5.41, 5.74) is -4.73. The van der Waals surface area contributed by atoms with Gasteiger partial charge in [-0.3, -0.25) is 9.78 Å². The maximum absolute atomic E-state index is 12.9. The molecule has 28 heavy (non-hydrogen) atoms. The van der Waals surface area contributed by atoms with E-state index in [1.807, 2.05) is 0 Å².